The Bertz CT molecular complexity index is 686. The number of hydrogen-bond donors (Lipinski definition) is 0. The maximum atomic E-state index is 13.3. The first-order valence-corrected chi connectivity index (χ1v) is 11.1. The summed E-state index contributed by atoms with van der Waals surface area (Å²) in [6.07, 6.45) is 14.6. The van der Waals surface area contributed by atoms with E-state index < -0.39 is 0 Å². The molecule has 0 aromatic carbocycles. The molecule has 1 spiro atoms. The van der Waals surface area contributed by atoms with E-state index in [0.29, 0.717) is 25.4 Å². The van der Waals surface area contributed by atoms with E-state index >= 15 is 0 Å². The fraction of sp³-hybridized carbons (Fsp3) is 0.696. The molecule has 1 saturated carbocycles. The average molecular weight is 384 g/mol. The number of carbonyl (C=O) groups is 2. The summed E-state index contributed by atoms with van der Waals surface area (Å²) in [5.74, 6) is 1.24. The zero-order chi connectivity index (χ0) is 19.4. The molecule has 2 aliphatic heterocycles. The molecule has 3 fully saturated rings. The number of carbonyl (C=O) groups excluding carboxylic acids is 2. The second-order valence-corrected chi connectivity index (χ2v) is 9.07. The molecular weight excluding hydrogens is 350 g/mol. The van der Waals surface area contributed by atoms with Crippen molar-refractivity contribution in [3.63, 3.8) is 0 Å². The van der Waals surface area contributed by atoms with Crippen molar-refractivity contribution in [2.24, 2.45) is 11.3 Å². The van der Waals surface area contributed by atoms with E-state index in [0.717, 1.165) is 50.3 Å². The average Bonchev–Trinajstić information content (AvgIpc) is 3.16. The first kappa shape index (κ1) is 19.4. The fourth-order valence-electron chi connectivity index (χ4n) is 5.43. The molecule has 1 unspecified atom stereocenters. The molecule has 1 aliphatic carbocycles. The predicted molar refractivity (Wildman–Crippen MR) is 109 cm³/mol. The number of pyridine rings is 1. The zero-order valence-electron chi connectivity index (χ0n) is 16.9. The van der Waals surface area contributed by atoms with Gasteiger partial charge in [-0.2, -0.15) is 0 Å². The molecule has 1 atom stereocenters. The number of rotatable bonds is 5. The maximum absolute atomic E-state index is 13.3. The molecule has 3 heterocycles. The third kappa shape index (κ3) is 4.23. The summed E-state index contributed by atoms with van der Waals surface area (Å²) in [5.41, 5.74) is 0.618. The van der Waals surface area contributed by atoms with Crippen LogP contribution in [0, 0.1) is 11.3 Å². The highest BCUT2D eigenvalue weighted by atomic mass is 16.2. The number of nitrogens with zero attached hydrogens (tertiary/aromatic N) is 3. The number of hydrogen-bond acceptors (Lipinski definition) is 3. The van der Waals surface area contributed by atoms with E-state index in [2.05, 4.69) is 9.88 Å². The molecule has 5 heteroatoms. The van der Waals surface area contributed by atoms with Crippen LogP contribution in [0.1, 0.15) is 63.4 Å². The van der Waals surface area contributed by atoms with Crippen molar-refractivity contribution in [2.45, 2.75) is 64.2 Å². The minimum Gasteiger partial charge on any atom is -0.342 e. The Balaban J connectivity index is 1.33. The van der Waals surface area contributed by atoms with Crippen LogP contribution in [0.5, 0.6) is 0 Å². The smallest absolute Gasteiger partial charge is 0.230 e. The SMILES string of the molecule is O=C(Cc1cccnc1)N1CCC2(CCCN(CCC3CCCCC3)C2=O)C1. The Morgan fingerprint density at radius 3 is 2.79 bits per heavy atom. The van der Waals surface area contributed by atoms with Gasteiger partial charge in [0, 0.05) is 38.6 Å². The van der Waals surface area contributed by atoms with Crippen LogP contribution in [0.2, 0.25) is 0 Å². The molecule has 1 aromatic heterocycles. The lowest BCUT2D eigenvalue weighted by molar-refractivity contribution is -0.146. The summed E-state index contributed by atoms with van der Waals surface area (Å²) >= 11 is 0. The van der Waals surface area contributed by atoms with Crippen molar-refractivity contribution in [2.75, 3.05) is 26.2 Å². The Kier molecular flexibility index (Phi) is 5.98. The van der Waals surface area contributed by atoms with Crippen molar-refractivity contribution in [1.82, 2.24) is 14.8 Å². The van der Waals surface area contributed by atoms with Crippen molar-refractivity contribution >= 4 is 11.8 Å². The van der Waals surface area contributed by atoms with Crippen LogP contribution in [0.3, 0.4) is 0 Å². The number of piperidine rings is 1. The van der Waals surface area contributed by atoms with Crippen molar-refractivity contribution < 1.29 is 9.59 Å². The number of likely N-dealkylation sites (tertiary alicyclic amines) is 2. The molecule has 4 rings (SSSR count). The van der Waals surface area contributed by atoms with Gasteiger partial charge in [0.2, 0.25) is 11.8 Å². The van der Waals surface area contributed by atoms with E-state index in [9.17, 15) is 9.59 Å². The predicted octanol–water partition coefficient (Wildman–Crippen LogP) is 3.44. The zero-order valence-corrected chi connectivity index (χ0v) is 16.9. The topological polar surface area (TPSA) is 53.5 Å². The van der Waals surface area contributed by atoms with Crippen LogP contribution in [-0.2, 0) is 16.0 Å². The Labute approximate surface area is 168 Å². The van der Waals surface area contributed by atoms with Crippen LogP contribution in [0.15, 0.2) is 24.5 Å². The van der Waals surface area contributed by atoms with Crippen LogP contribution in [-0.4, -0.2) is 52.8 Å². The molecule has 0 N–H and O–H groups in total. The molecule has 0 radical (unpaired) electrons. The van der Waals surface area contributed by atoms with Gasteiger partial charge in [0.15, 0.2) is 0 Å². The number of amides is 2. The third-order valence-electron chi connectivity index (χ3n) is 7.14. The van der Waals surface area contributed by atoms with E-state index in [1.54, 1.807) is 12.4 Å². The van der Waals surface area contributed by atoms with Gasteiger partial charge in [-0.3, -0.25) is 14.6 Å². The summed E-state index contributed by atoms with van der Waals surface area (Å²) in [6, 6.07) is 3.80. The molecule has 152 valence electrons. The van der Waals surface area contributed by atoms with Gasteiger partial charge in [-0.15, -0.1) is 0 Å². The fourth-order valence-corrected chi connectivity index (χ4v) is 5.43. The van der Waals surface area contributed by atoms with Gasteiger partial charge >= 0.3 is 0 Å². The minimum absolute atomic E-state index is 0.122. The van der Waals surface area contributed by atoms with Gasteiger partial charge in [-0.1, -0.05) is 38.2 Å². The molecule has 5 nitrogen and oxygen atoms in total. The highest BCUT2D eigenvalue weighted by Crippen LogP contribution is 2.40. The second kappa shape index (κ2) is 8.62. The normalized spacial score (nSPS) is 26.2. The molecule has 0 bridgehead atoms. The molecule has 28 heavy (non-hydrogen) atoms. The van der Waals surface area contributed by atoms with Crippen LogP contribution < -0.4 is 0 Å². The molecular formula is C23H33N3O2. The summed E-state index contributed by atoms with van der Waals surface area (Å²) in [6.45, 7) is 3.12. The Morgan fingerprint density at radius 2 is 2.00 bits per heavy atom. The molecule has 1 aromatic rings. The maximum Gasteiger partial charge on any atom is 0.230 e. The van der Waals surface area contributed by atoms with Crippen LogP contribution in [0.4, 0.5) is 0 Å². The minimum atomic E-state index is -0.324. The summed E-state index contributed by atoms with van der Waals surface area (Å²) in [4.78, 5) is 34.2. The quantitative estimate of drug-likeness (QED) is 0.783. The van der Waals surface area contributed by atoms with Gasteiger partial charge in [-0.25, -0.2) is 0 Å². The second-order valence-electron chi connectivity index (χ2n) is 9.07. The summed E-state index contributed by atoms with van der Waals surface area (Å²) in [5, 5.41) is 0. The lowest BCUT2D eigenvalue weighted by Crippen LogP contribution is -2.50. The lowest BCUT2D eigenvalue weighted by Gasteiger charge is -2.40. The molecule has 2 amide bonds. The monoisotopic (exact) mass is 383 g/mol. The van der Waals surface area contributed by atoms with Crippen LogP contribution in [0.25, 0.3) is 0 Å². The Morgan fingerprint density at radius 1 is 1.14 bits per heavy atom. The standard InChI is InChI=1S/C23H33N3O2/c27-21(16-20-8-4-12-24-17-20)26-15-11-23(18-26)10-5-13-25(22(23)28)14-9-19-6-2-1-3-7-19/h4,8,12,17,19H,1-3,5-7,9-11,13-16,18H2. The summed E-state index contributed by atoms with van der Waals surface area (Å²) in [7, 11) is 0. The van der Waals surface area contributed by atoms with Gasteiger partial charge < -0.3 is 9.80 Å². The van der Waals surface area contributed by atoms with Crippen molar-refractivity contribution in [3.8, 4) is 0 Å². The van der Waals surface area contributed by atoms with E-state index in [4.69, 9.17) is 0 Å². The first-order chi connectivity index (χ1) is 13.7. The lowest BCUT2D eigenvalue weighted by atomic mass is 9.78. The third-order valence-corrected chi connectivity index (χ3v) is 7.14. The Hall–Kier alpha value is -1.91. The van der Waals surface area contributed by atoms with Gasteiger partial charge in [0.25, 0.3) is 0 Å². The summed E-state index contributed by atoms with van der Waals surface area (Å²) < 4.78 is 0. The van der Waals surface area contributed by atoms with Gasteiger partial charge in [0.05, 0.1) is 11.8 Å². The van der Waals surface area contributed by atoms with Crippen molar-refractivity contribution in [3.05, 3.63) is 30.1 Å². The van der Waals surface area contributed by atoms with E-state index in [1.807, 2.05) is 17.0 Å². The molecule has 2 saturated heterocycles. The molecule has 3 aliphatic rings. The van der Waals surface area contributed by atoms with Gasteiger partial charge in [-0.05, 0) is 43.2 Å². The van der Waals surface area contributed by atoms with Crippen molar-refractivity contribution in [1.29, 1.82) is 0 Å². The van der Waals surface area contributed by atoms with E-state index in [-0.39, 0.29) is 11.3 Å². The highest BCUT2D eigenvalue weighted by Gasteiger charge is 2.49. The first-order valence-electron chi connectivity index (χ1n) is 11.1. The largest absolute Gasteiger partial charge is 0.342 e. The highest BCUT2D eigenvalue weighted by molar-refractivity contribution is 5.86. The van der Waals surface area contributed by atoms with Gasteiger partial charge in [0.1, 0.15) is 0 Å². The van der Waals surface area contributed by atoms with E-state index in [1.165, 1.54) is 32.1 Å². The number of aromatic nitrogens is 1. The van der Waals surface area contributed by atoms with Crippen LogP contribution >= 0.6 is 0 Å².